The summed E-state index contributed by atoms with van der Waals surface area (Å²) in [5.41, 5.74) is 1.96. The lowest BCUT2D eigenvalue weighted by Crippen LogP contribution is -2.17. The van der Waals surface area contributed by atoms with E-state index in [0.29, 0.717) is 5.41 Å². The van der Waals surface area contributed by atoms with Crippen molar-refractivity contribution in [2.45, 2.75) is 33.1 Å². The Balaban J connectivity index is 1.96. The molecule has 1 N–H and O–H groups in total. The van der Waals surface area contributed by atoms with Crippen molar-refractivity contribution in [1.82, 2.24) is 4.37 Å². The highest BCUT2D eigenvalue weighted by Crippen LogP contribution is 2.49. The summed E-state index contributed by atoms with van der Waals surface area (Å²) in [7, 11) is 1.74. The summed E-state index contributed by atoms with van der Waals surface area (Å²) >= 11 is 1.38. The zero-order valence-corrected chi connectivity index (χ0v) is 12.0. The highest BCUT2D eigenvalue weighted by Gasteiger charge is 2.42. The van der Waals surface area contributed by atoms with Gasteiger partial charge in [-0.3, -0.25) is 4.79 Å². The molecule has 1 saturated carbocycles. The summed E-state index contributed by atoms with van der Waals surface area (Å²) in [6, 6.07) is 0. The lowest BCUT2D eigenvalue weighted by molar-refractivity contribution is 0.101. The number of aryl methyl sites for hydroxylation is 1. The minimum absolute atomic E-state index is 0.0884. The molecule has 100 valence electrons. The van der Waals surface area contributed by atoms with Crippen molar-refractivity contribution in [2.24, 2.45) is 5.41 Å². The number of carbonyl (C=O) groups excluding carboxylic acids is 1. The van der Waals surface area contributed by atoms with Gasteiger partial charge in [-0.15, -0.1) is 0 Å². The van der Waals surface area contributed by atoms with Gasteiger partial charge < -0.3 is 10.1 Å². The molecule has 4 nitrogen and oxygen atoms in total. The van der Waals surface area contributed by atoms with E-state index in [1.165, 1.54) is 24.4 Å². The Bertz CT molecular complexity index is 438. The molecule has 0 aromatic carbocycles. The van der Waals surface area contributed by atoms with Crippen LogP contribution in [0.15, 0.2) is 0 Å². The molecule has 0 unspecified atom stereocenters. The SMILES string of the molecule is COCCC1(CNc2snc(C)c2C(C)=O)CC1. The molecule has 0 aliphatic heterocycles. The first kappa shape index (κ1) is 13.5. The number of nitrogens with one attached hydrogen (secondary N) is 1. The van der Waals surface area contributed by atoms with Crippen molar-refractivity contribution in [2.75, 3.05) is 25.6 Å². The summed E-state index contributed by atoms with van der Waals surface area (Å²) in [4.78, 5) is 11.6. The fourth-order valence-electron chi connectivity index (χ4n) is 2.18. The van der Waals surface area contributed by atoms with Gasteiger partial charge in [-0.2, -0.15) is 4.37 Å². The Labute approximate surface area is 112 Å². The molecule has 1 fully saturated rings. The molecule has 0 amide bonds. The van der Waals surface area contributed by atoms with Gasteiger partial charge >= 0.3 is 0 Å². The molecule has 18 heavy (non-hydrogen) atoms. The normalized spacial score (nSPS) is 16.6. The van der Waals surface area contributed by atoms with E-state index >= 15 is 0 Å². The van der Waals surface area contributed by atoms with Crippen molar-refractivity contribution >= 4 is 22.3 Å². The van der Waals surface area contributed by atoms with E-state index in [4.69, 9.17) is 4.74 Å². The van der Waals surface area contributed by atoms with Gasteiger partial charge in [0.25, 0.3) is 0 Å². The molecule has 0 bridgehead atoms. The average molecular weight is 268 g/mol. The van der Waals surface area contributed by atoms with Crippen LogP contribution >= 0.6 is 11.5 Å². The van der Waals surface area contributed by atoms with Crippen molar-refractivity contribution in [3.63, 3.8) is 0 Å². The number of hydrogen-bond donors (Lipinski definition) is 1. The number of rotatable bonds is 7. The zero-order valence-electron chi connectivity index (χ0n) is 11.2. The second kappa shape index (κ2) is 5.36. The van der Waals surface area contributed by atoms with E-state index in [2.05, 4.69) is 9.69 Å². The van der Waals surface area contributed by atoms with E-state index in [1.54, 1.807) is 14.0 Å². The third-order valence-corrected chi connectivity index (χ3v) is 4.53. The van der Waals surface area contributed by atoms with Crippen LogP contribution in [0.4, 0.5) is 5.00 Å². The second-order valence-corrected chi connectivity index (χ2v) is 5.90. The summed E-state index contributed by atoms with van der Waals surface area (Å²) in [6.07, 6.45) is 3.58. The Hall–Kier alpha value is -0.940. The maximum atomic E-state index is 11.6. The van der Waals surface area contributed by atoms with Crippen molar-refractivity contribution in [3.8, 4) is 0 Å². The van der Waals surface area contributed by atoms with Crippen LogP contribution < -0.4 is 5.32 Å². The predicted octanol–water partition coefficient (Wildman–Crippen LogP) is 2.88. The highest BCUT2D eigenvalue weighted by molar-refractivity contribution is 7.10. The molecule has 1 aliphatic carbocycles. The minimum Gasteiger partial charge on any atom is -0.385 e. The molecular weight excluding hydrogens is 248 g/mol. The van der Waals surface area contributed by atoms with Crippen LogP contribution in [0, 0.1) is 12.3 Å². The van der Waals surface area contributed by atoms with E-state index in [0.717, 1.165) is 35.8 Å². The molecule has 2 rings (SSSR count). The lowest BCUT2D eigenvalue weighted by Gasteiger charge is -2.15. The lowest BCUT2D eigenvalue weighted by atomic mass is 10.0. The number of nitrogens with zero attached hydrogens (tertiary/aromatic N) is 1. The van der Waals surface area contributed by atoms with E-state index < -0.39 is 0 Å². The van der Waals surface area contributed by atoms with Crippen LogP contribution in [0.2, 0.25) is 0 Å². The van der Waals surface area contributed by atoms with Gasteiger partial charge in [-0.05, 0) is 50.1 Å². The summed E-state index contributed by atoms with van der Waals surface area (Å²) in [5.74, 6) is 0.0884. The molecule has 1 heterocycles. The van der Waals surface area contributed by atoms with E-state index in [9.17, 15) is 4.79 Å². The zero-order chi connectivity index (χ0) is 13.2. The Morgan fingerprint density at radius 3 is 2.83 bits per heavy atom. The molecule has 0 spiro atoms. The number of Topliss-reactive ketones (excluding diaryl/α,β-unsaturated/α-hetero) is 1. The maximum Gasteiger partial charge on any atom is 0.164 e. The van der Waals surface area contributed by atoms with Crippen LogP contribution in [0.25, 0.3) is 0 Å². The second-order valence-electron chi connectivity index (χ2n) is 5.12. The van der Waals surface area contributed by atoms with Crippen LogP contribution in [-0.2, 0) is 4.74 Å². The quantitative estimate of drug-likeness (QED) is 0.773. The van der Waals surface area contributed by atoms with Gasteiger partial charge in [0, 0.05) is 20.3 Å². The average Bonchev–Trinajstić information content (AvgIpc) is 3.01. The molecular formula is C13H20N2O2S. The molecule has 0 atom stereocenters. The smallest absolute Gasteiger partial charge is 0.164 e. The Morgan fingerprint density at radius 2 is 2.28 bits per heavy atom. The van der Waals surface area contributed by atoms with Crippen LogP contribution in [0.5, 0.6) is 0 Å². The first-order valence-electron chi connectivity index (χ1n) is 6.28. The van der Waals surface area contributed by atoms with Crippen molar-refractivity contribution in [3.05, 3.63) is 11.3 Å². The van der Waals surface area contributed by atoms with Crippen LogP contribution in [0.1, 0.15) is 42.2 Å². The molecule has 0 radical (unpaired) electrons. The van der Waals surface area contributed by atoms with Crippen LogP contribution in [0.3, 0.4) is 0 Å². The first-order chi connectivity index (χ1) is 8.58. The summed E-state index contributed by atoms with van der Waals surface area (Å²) in [5, 5.41) is 4.33. The van der Waals surface area contributed by atoms with Gasteiger partial charge in [0.2, 0.25) is 0 Å². The van der Waals surface area contributed by atoms with Gasteiger partial charge in [-0.1, -0.05) is 0 Å². The number of methoxy groups -OCH3 is 1. The standard InChI is InChI=1S/C13H20N2O2S/c1-9-11(10(2)16)12(18-15-9)14-8-13(4-5-13)6-7-17-3/h14H,4-8H2,1-3H3. The number of carbonyl (C=O) groups is 1. The van der Waals surface area contributed by atoms with Gasteiger partial charge in [0.15, 0.2) is 5.78 Å². The molecule has 5 heteroatoms. The maximum absolute atomic E-state index is 11.6. The van der Waals surface area contributed by atoms with Crippen LogP contribution in [-0.4, -0.2) is 30.4 Å². The first-order valence-corrected chi connectivity index (χ1v) is 7.05. The monoisotopic (exact) mass is 268 g/mol. The number of aromatic nitrogens is 1. The predicted molar refractivity (Wildman–Crippen MR) is 73.5 cm³/mol. The van der Waals surface area contributed by atoms with Crippen molar-refractivity contribution < 1.29 is 9.53 Å². The fourth-order valence-corrected chi connectivity index (χ4v) is 3.02. The number of ether oxygens (including phenoxy) is 1. The number of anilines is 1. The summed E-state index contributed by atoms with van der Waals surface area (Å²) < 4.78 is 9.40. The minimum atomic E-state index is 0.0884. The third-order valence-electron chi connectivity index (χ3n) is 3.63. The van der Waals surface area contributed by atoms with Gasteiger partial charge in [0.1, 0.15) is 5.00 Å². The van der Waals surface area contributed by atoms with E-state index in [-0.39, 0.29) is 5.78 Å². The Morgan fingerprint density at radius 1 is 1.56 bits per heavy atom. The molecule has 0 saturated heterocycles. The van der Waals surface area contributed by atoms with Crippen molar-refractivity contribution in [1.29, 1.82) is 0 Å². The topological polar surface area (TPSA) is 51.2 Å². The number of ketones is 1. The third kappa shape index (κ3) is 2.90. The molecule has 1 aromatic rings. The van der Waals surface area contributed by atoms with Gasteiger partial charge in [0.05, 0.1) is 11.3 Å². The van der Waals surface area contributed by atoms with Gasteiger partial charge in [-0.25, -0.2) is 0 Å². The molecule has 1 aliphatic rings. The molecule has 1 aromatic heterocycles. The summed E-state index contributed by atoms with van der Waals surface area (Å²) in [6.45, 7) is 5.21. The largest absolute Gasteiger partial charge is 0.385 e. The fraction of sp³-hybridized carbons (Fsp3) is 0.692. The number of hydrogen-bond acceptors (Lipinski definition) is 5. The van der Waals surface area contributed by atoms with E-state index in [1.807, 2.05) is 6.92 Å². The Kier molecular flexibility index (Phi) is 4.02. The highest BCUT2D eigenvalue weighted by atomic mass is 32.1.